The van der Waals surface area contributed by atoms with Crippen LogP contribution in [0.4, 0.5) is 0 Å². The zero-order valence-corrected chi connectivity index (χ0v) is 18.8. The largest absolute Gasteiger partial charge is 0.504 e. The number of phenolic OH excluding ortho intramolecular Hbond substituents is 1. The number of nitrogens with zero attached hydrogens (tertiary/aromatic N) is 4. The number of aryl methyl sites for hydroxylation is 1. The molecule has 1 aliphatic heterocycles. The number of methoxy groups -OCH3 is 1. The number of aliphatic imine (C=N–C) groups is 1. The smallest absolute Gasteiger partial charge is 0.194 e. The van der Waals surface area contributed by atoms with Crippen molar-refractivity contribution in [1.82, 2.24) is 20.0 Å². The Morgan fingerprint density at radius 2 is 2.29 bits per heavy atom. The van der Waals surface area contributed by atoms with Crippen molar-refractivity contribution >= 4 is 29.9 Å². The Labute approximate surface area is 182 Å². The van der Waals surface area contributed by atoms with Crippen molar-refractivity contribution in [2.75, 3.05) is 33.4 Å². The third-order valence-electron chi connectivity index (χ3n) is 4.50. The van der Waals surface area contributed by atoms with E-state index in [9.17, 15) is 5.11 Å². The molecule has 1 fully saturated rings. The Morgan fingerprint density at radius 1 is 1.46 bits per heavy atom. The number of guanidine groups is 1. The molecule has 0 saturated carbocycles. The molecule has 154 valence electrons. The van der Waals surface area contributed by atoms with E-state index in [-0.39, 0.29) is 35.8 Å². The van der Waals surface area contributed by atoms with Gasteiger partial charge in [-0.25, -0.2) is 4.99 Å². The molecule has 2 N–H and O–H groups in total. The van der Waals surface area contributed by atoms with Crippen LogP contribution in [0.3, 0.4) is 0 Å². The van der Waals surface area contributed by atoms with E-state index in [4.69, 9.17) is 14.5 Å². The minimum atomic E-state index is -0.0403. The number of ether oxygens (including phenoxy) is 2. The van der Waals surface area contributed by atoms with Gasteiger partial charge in [-0.05, 0) is 13.0 Å². The highest BCUT2D eigenvalue weighted by Crippen LogP contribution is 2.30. The first-order chi connectivity index (χ1) is 13.1. The van der Waals surface area contributed by atoms with Gasteiger partial charge in [0.2, 0.25) is 0 Å². The van der Waals surface area contributed by atoms with E-state index < -0.39 is 0 Å². The van der Waals surface area contributed by atoms with Crippen molar-refractivity contribution in [1.29, 1.82) is 0 Å². The van der Waals surface area contributed by atoms with E-state index in [1.54, 1.807) is 17.9 Å². The maximum Gasteiger partial charge on any atom is 0.194 e. The molecule has 1 aliphatic rings. The fourth-order valence-electron chi connectivity index (χ4n) is 3.10. The molecule has 1 unspecified atom stereocenters. The van der Waals surface area contributed by atoms with Gasteiger partial charge < -0.3 is 24.8 Å². The predicted molar refractivity (Wildman–Crippen MR) is 118 cm³/mol. The summed E-state index contributed by atoms with van der Waals surface area (Å²) in [5, 5.41) is 17.8. The maximum absolute atomic E-state index is 10.3. The highest BCUT2D eigenvalue weighted by molar-refractivity contribution is 14.0. The first-order valence-electron chi connectivity index (χ1n) is 9.10. The number of hydrogen-bond donors (Lipinski definition) is 2. The Bertz CT molecular complexity index is 796. The van der Waals surface area contributed by atoms with Gasteiger partial charge in [-0.1, -0.05) is 12.1 Å². The summed E-state index contributed by atoms with van der Waals surface area (Å²) in [6, 6.07) is 5.43. The van der Waals surface area contributed by atoms with Gasteiger partial charge in [0.1, 0.15) is 6.10 Å². The van der Waals surface area contributed by atoms with Gasteiger partial charge in [-0.3, -0.25) is 4.68 Å². The van der Waals surface area contributed by atoms with E-state index in [0.717, 1.165) is 30.2 Å². The summed E-state index contributed by atoms with van der Waals surface area (Å²) < 4.78 is 12.9. The number of hydrogen-bond acceptors (Lipinski definition) is 5. The summed E-state index contributed by atoms with van der Waals surface area (Å²) in [4.78, 5) is 6.90. The van der Waals surface area contributed by atoms with Crippen molar-refractivity contribution in [3.05, 3.63) is 41.7 Å². The second-order valence-electron chi connectivity index (χ2n) is 6.39. The quantitative estimate of drug-likeness (QED) is 0.372. The topological polar surface area (TPSA) is 84.1 Å². The van der Waals surface area contributed by atoms with Gasteiger partial charge >= 0.3 is 0 Å². The summed E-state index contributed by atoms with van der Waals surface area (Å²) >= 11 is 0. The summed E-state index contributed by atoms with van der Waals surface area (Å²) in [7, 11) is 3.44. The van der Waals surface area contributed by atoms with Gasteiger partial charge in [0.25, 0.3) is 0 Å². The molecule has 1 aromatic carbocycles. The lowest BCUT2D eigenvalue weighted by Crippen LogP contribution is -2.48. The molecule has 9 heteroatoms. The highest BCUT2D eigenvalue weighted by atomic mass is 127. The van der Waals surface area contributed by atoms with Crippen LogP contribution in [0.1, 0.15) is 24.2 Å². The van der Waals surface area contributed by atoms with E-state index in [0.29, 0.717) is 25.4 Å². The summed E-state index contributed by atoms with van der Waals surface area (Å²) in [6.07, 6.45) is 3.78. The van der Waals surface area contributed by atoms with Crippen molar-refractivity contribution < 1.29 is 14.6 Å². The molecule has 0 bridgehead atoms. The average Bonchev–Trinajstić information content (AvgIpc) is 3.12. The van der Waals surface area contributed by atoms with Crippen molar-refractivity contribution in [2.45, 2.75) is 19.6 Å². The molecule has 1 saturated heterocycles. The lowest BCUT2D eigenvalue weighted by Gasteiger charge is -2.34. The predicted octanol–water partition coefficient (Wildman–Crippen LogP) is 2.29. The van der Waals surface area contributed by atoms with E-state index in [2.05, 4.69) is 15.3 Å². The molecule has 3 rings (SSSR count). The van der Waals surface area contributed by atoms with Crippen LogP contribution in [0.15, 0.2) is 35.6 Å². The van der Waals surface area contributed by atoms with Crippen molar-refractivity contribution in [2.24, 2.45) is 12.0 Å². The second-order valence-corrected chi connectivity index (χ2v) is 6.39. The van der Waals surface area contributed by atoms with Crippen LogP contribution in [0.2, 0.25) is 0 Å². The third kappa shape index (κ3) is 5.28. The van der Waals surface area contributed by atoms with Gasteiger partial charge in [0.05, 0.1) is 33.0 Å². The zero-order chi connectivity index (χ0) is 19.2. The standard InChI is InChI=1S/C19H27N5O3.HI/c1-4-20-19(21-10-14-6-5-7-16(26-3)18(14)25)24-8-9-27-17(13-24)15-11-22-23(2)12-15;/h5-7,11-12,17,25H,4,8-10,13H2,1-3H3,(H,20,21);1H. The minimum absolute atomic E-state index is 0. The van der Waals surface area contributed by atoms with E-state index >= 15 is 0 Å². The second kappa shape index (κ2) is 10.5. The van der Waals surface area contributed by atoms with Crippen molar-refractivity contribution in [3.63, 3.8) is 0 Å². The molecule has 0 spiro atoms. The number of aromatic nitrogens is 2. The molecule has 0 aliphatic carbocycles. The molecular formula is C19H28IN5O3. The summed E-state index contributed by atoms with van der Waals surface area (Å²) in [5.74, 6) is 1.39. The van der Waals surface area contributed by atoms with Gasteiger partial charge in [-0.2, -0.15) is 5.10 Å². The minimum Gasteiger partial charge on any atom is -0.504 e. The SMILES string of the molecule is CCNC(=NCc1cccc(OC)c1O)N1CCOC(c2cnn(C)c2)C1.I. The lowest BCUT2D eigenvalue weighted by molar-refractivity contribution is -0.00805. The monoisotopic (exact) mass is 501 g/mol. The number of morpholine rings is 1. The van der Waals surface area contributed by atoms with Crippen LogP contribution in [0, 0.1) is 0 Å². The Kier molecular flexibility index (Phi) is 8.36. The molecule has 28 heavy (non-hydrogen) atoms. The number of phenols is 1. The lowest BCUT2D eigenvalue weighted by atomic mass is 10.1. The summed E-state index contributed by atoms with van der Waals surface area (Å²) in [6.45, 7) is 5.23. The molecule has 1 atom stereocenters. The summed E-state index contributed by atoms with van der Waals surface area (Å²) in [5.41, 5.74) is 1.78. The first-order valence-corrected chi connectivity index (χ1v) is 9.10. The van der Waals surface area contributed by atoms with Crippen molar-refractivity contribution in [3.8, 4) is 11.5 Å². The number of benzene rings is 1. The van der Waals surface area contributed by atoms with Crippen LogP contribution in [-0.2, 0) is 18.3 Å². The molecule has 2 aromatic rings. The molecule has 8 nitrogen and oxygen atoms in total. The van der Waals surface area contributed by atoms with Crippen LogP contribution < -0.4 is 10.1 Å². The molecule has 1 aromatic heterocycles. The third-order valence-corrected chi connectivity index (χ3v) is 4.50. The number of halogens is 1. The molecule has 0 radical (unpaired) electrons. The maximum atomic E-state index is 10.3. The first kappa shape index (κ1) is 22.3. The van der Waals surface area contributed by atoms with Crippen LogP contribution in [0.25, 0.3) is 0 Å². The van der Waals surface area contributed by atoms with Gasteiger partial charge in [-0.15, -0.1) is 24.0 Å². The molecular weight excluding hydrogens is 473 g/mol. The molecule has 0 amide bonds. The average molecular weight is 501 g/mol. The Balaban J connectivity index is 0.00000280. The Morgan fingerprint density at radius 3 is 2.96 bits per heavy atom. The fraction of sp³-hybridized carbons (Fsp3) is 0.474. The normalized spacial score (nSPS) is 17.2. The number of rotatable bonds is 5. The highest BCUT2D eigenvalue weighted by Gasteiger charge is 2.25. The number of para-hydroxylation sites is 1. The Hall–Kier alpha value is -2.01. The van der Waals surface area contributed by atoms with Crippen LogP contribution >= 0.6 is 24.0 Å². The van der Waals surface area contributed by atoms with Gasteiger partial charge in [0.15, 0.2) is 17.5 Å². The van der Waals surface area contributed by atoms with Crippen LogP contribution in [0.5, 0.6) is 11.5 Å². The number of nitrogens with one attached hydrogen (secondary N) is 1. The van der Waals surface area contributed by atoms with E-state index in [1.165, 1.54) is 0 Å². The zero-order valence-electron chi connectivity index (χ0n) is 16.5. The molecule has 2 heterocycles. The fourth-order valence-corrected chi connectivity index (χ4v) is 3.10. The van der Waals surface area contributed by atoms with Crippen LogP contribution in [-0.4, -0.2) is 59.1 Å². The van der Waals surface area contributed by atoms with E-state index in [1.807, 2.05) is 38.5 Å². The number of aromatic hydroxyl groups is 1. The van der Waals surface area contributed by atoms with Gasteiger partial charge in [0, 0.05) is 37.5 Å².